The molecule has 10 nitrogen and oxygen atoms in total. The highest BCUT2D eigenvalue weighted by atomic mass is 16.2. The monoisotopic (exact) mass is 545 g/mol. The van der Waals surface area contributed by atoms with Crippen LogP contribution in [-0.4, -0.2) is 57.9 Å². The van der Waals surface area contributed by atoms with Gasteiger partial charge in [0.05, 0.1) is 23.8 Å². The number of ketones is 1. The molecule has 40 heavy (non-hydrogen) atoms. The van der Waals surface area contributed by atoms with Crippen molar-refractivity contribution < 1.29 is 24.0 Å². The summed E-state index contributed by atoms with van der Waals surface area (Å²) in [4.78, 5) is 72.6. The largest absolute Gasteiger partial charge is 0.344 e. The predicted octanol–water partition coefficient (Wildman–Crippen LogP) is 3.12. The van der Waals surface area contributed by atoms with Gasteiger partial charge in [0.15, 0.2) is 5.78 Å². The fourth-order valence-electron chi connectivity index (χ4n) is 4.22. The van der Waals surface area contributed by atoms with E-state index in [0.29, 0.717) is 12.7 Å². The molecule has 3 atom stereocenters. The van der Waals surface area contributed by atoms with Crippen LogP contribution in [0.3, 0.4) is 0 Å². The Morgan fingerprint density at radius 1 is 0.825 bits per heavy atom. The van der Waals surface area contributed by atoms with Crippen molar-refractivity contribution >= 4 is 40.6 Å². The van der Waals surface area contributed by atoms with Crippen molar-refractivity contribution in [3.05, 3.63) is 71.8 Å². The molecule has 3 N–H and O–H groups in total. The molecule has 0 aliphatic heterocycles. The molecule has 0 radical (unpaired) electrons. The molecular formula is C30H35N5O5. The van der Waals surface area contributed by atoms with Crippen molar-refractivity contribution in [2.75, 3.05) is 0 Å². The zero-order valence-corrected chi connectivity index (χ0v) is 23.3. The van der Waals surface area contributed by atoms with Gasteiger partial charge in [0.2, 0.25) is 5.91 Å². The third kappa shape index (κ3) is 7.13. The Labute approximate surface area is 233 Å². The van der Waals surface area contributed by atoms with E-state index in [1.54, 1.807) is 46.8 Å². The van der Waals surface area contributed by atoms with Crippen LogP contribution in [0.1, 0.15) is 72.2 Å². The number of rotatable bonds is 12. The third-order valence-corrected chi connectivity index (χ3v) is 6.59. The Bertz CT molecular complexity index is 1390. The lowest BCUT2D eigenvalue weighted by atomic mass is 9.89. The van der Waals surface area contributed by atoms with Crippen LogP contribution in [0.25, 0.3) is 10.8 Å². The summed E-state index contributed by atoms with van der Waals surface area (Å²) in [6, 6.07) is 7.89. The molecule has 3 amide bonds. The van der Waals surface area contributed by atoms with Gasteiger partial charge in [-0.15, -0.1) is 0 Å². The molecule has 10 heteroatoms. The number of hydrogen-bond donors (Lipinski definition) is 3. The van der Waals surface area contributed by atoms with E-state index in [9.17, 15) is 24.0 Å². The number of aromatic nitrogens is 2. The van der Waals surface area contributed by atoms with Crippen molar-refractivity contribution in [3.63, 3.8) is 0 Å². The van der Waals surface area contributed by atoms with E-state index >= 15 is 0 Å². The Morgan fingerprint density at radius 2 is 1.45 bits per heavy atom. The number of aldehydes is 1. The Kier molecular flexibility index (Phi) is 10.2. The van der Waals surface area contributed by atoms with Gasteiger partial charge in [-0.05, 0) is 41.2 Å². The number of Topliss-reactive ketones (excluding diaryl/α,β-unsaturated/α-hetero) is 1. The lowest BCUT2D eigenvalue weighted by Crippen LogP contribution is -2.55. The molecule has 0 fully saturated rings. The molecule has 0 saturated carbocycles. The second-order valence-corrected chi connectivity index (χ2v) is 10.2. The maximum Gasteiger partial charge on any atom is 0.272 e. The molecule has 0 saturated heterocycles. The average Bonchev–Trinajstić information content (AvgIpc) is 2.96. The first-order valence-corrected chi connectivity index (χ1v) is 13.3. The number of fused-ring (bicyclic) bond motifs is 1. The average molecular weight is 546 g/mol. The molecule has 0 aliphatic rings. The highest BCUT2D eigenvalue weighted by Crippen LogP contribution is 2.23. The Hall–Kier alpha value is -4.47. The van der Waals surface area contributed by atoms with Crippen molar-refractivity contribution in [2.24, 2.45) is 11.8 Å². The zero-order valence-electron chi connectivity index (χ0n) is 23.3. The normalized spacial score (nSPS) is 13.4. The van der Waals surface area contributed by atoms with Gasteiger partial charge in [0.25, 0.3) is 11.8 Å². The summed E-state index contributed by atoms with van der Waals surface area (Å²) >= 11 is 0. The van der Waals surface area contributed by atoms with E-state index in [-0.39, 0.29) is 28.7 Å². The van der Waals surface area contributed by atoms with Gasteiger partial charge in [-0.25, -0.2) is 4.98 Å². The molecule has 0 bridgehead atoms. The molecule has 0 spiro atoms. The molecule has 1 heterocycles. The van der Waals surface area contributed by atoms with Crippen molar-refractivity contribution in [2.45, 2.75) is 59.2 Å². The van der Waals surface area contributed by atoms with Crippen LogP contribution < -0.4 is 16.0 Å². The summed E-state index contributed by atoms with van der Waals surface area (Å²) in [6.45, 7) is 8.88. The van der Waals surface area contributed by atoms with E-state index < -0.39 is 41.6 Å². The zero-order chi connectivity index (χ0) is 29.4. The van der Waals surface area contributed by atoms with Crippen LogP contribution in [0, 0.1) is 11.8 Å². The second kappa shape index (κ2) is 13.5. The van der Waals surface area contributed by atoms with E-state index in [0.717, 1.165) is 10.8 Å². The summed E-state index contributed by atoms with van der Waals surface area (Å²) in [5.41, 5.74) is 0.297. The number of nitrogens with zero attached hydrogens (tertiary/aromatic N) is 2. The van der Waals surface area contributed by atoms with Crippen LogP contribution in [0.15, 0.2) is 55.0 Å². The first-order valence-electron chi connectivity index (χ1n) is 13.3. The highest BCUT2D eigenvalue weighted by molar-refractivity contribution is 6.14. The van der Waals surface area contributed by atoms with E-state index in [1.807, 2.05) is 24.3 Å². The van der Waals surface area contributed by atoms with Crippen molar-refractivity contribution in [3.8, 4) is 0 Å². The van der Waals surface area contributed by atoms with Gasteiger partial charge in [-0.2, -0.15) is 0 Å². The second-order valence-electron chi connectivity index (χ2n) is 10.2. The predicted molar refractivity (Wildman–Crippen MR) is 151 cm³/mol. The van der Waals surface area contributed by atoms with Crippen LogP contribution in [0.2, 0.25) is 0 Å². The van der Waals surface area contributed by atoms with Crippen LogP contribution >= 0.6 is 0 Å². The number of amides is 3. The molecular weight excluding hydrogens is 510 g/mol. The lowest BCUT2D eigenvalue weighted by Gasteiger charge is -2.27. The molecule has 2 aromatic carbocycles. The van der Waals surface area contributed by atoms with E-state index in [1.165, 1.54) is 18.6 Å². The van der Waals surface area contributed by atoms with Gasteiger partial charge >= 0.3 is 0 Å². The Morgan fingerprint density at radius 3 is 1.98 bits per heavy atom. The van der Waals surface area contributed by atoms with Gasteiger partial charge in [-0.1, -0.05) is 58.9 Å². The number of carbonyl (C=O) groups is 5. The molecule has 3 unspecified atom stereocenters. The lowest BCUT2D eigenvalue weighted by molar-refractivity contribution is -0.124. The SMILES string of the molecule is CCC(C=O)NC(=O)c1cc2ccccc2cc1C(=O)C(NC(=O)C(NC(=O)c1cnccn1)C(C)C)C(C)C. The van der Waals surface area contributed by atoms with Crippen LogP contribution in [0.4, 0.5) is 0 Å². The van der Waals surface area contributed by atoms with Crippen molar-refractivity contribution in [1.82, 2.24) is 25.9 Å². The minimum Gasteiger partial charge on any atom is -0.344 e. The summed E-state index contributed by atoms with van der Waals surface area (Å²) < 4.78 is 0. The smallest absolute Gasteiger partial charge is 0.272 e. The standard InChI is InChI=1S/C30H35N5O5/c1-6-21(16-36)33-28(38)23-14-20-10-8-7-9-19(20)13-22(23)27(37)25(17(2)3)34-30(40)26(18(4)5)35-29(39)24-15-31-11-12-32-24/h7-18,21,25-26H,6H2,1-5H3,(H,33,38)(H,34,40)(H,35,39). The molecule has 3 aromatic rings. The number of hydrogen-bond acceptors (Lipinski definition) is 7. The fourth-order valence-corrected chi connectivity index (χ4v) is 4.22. The first kappa shape index (κ1) is 30.1. The molecule has 1 aromatic heterocycles. The summed E-state index contributed by atoms with van der Waals surface area (Å²) in [7, 11) is 0. The Balaban J connectivity index is 1.95. The third-order valence-electron chi connectivity index (χ3n) is 6.59. The van der Waals surface area contributed by atoms with Crippen molar-refractivity contribution in [1.29, 1.82) is 0 Å². The number of benzene rings is 2. The summed E-state index contributed by atoms with van der Waals surface area (Å²) in [5.74, 6) is -2.78. The van der Waals surface area contributed by atoms with Crippen LogP contribution in [0.5, 0.6) is 0 Å². The molecule has 210 valence electrons. The highest BCUT2D eigenvalue weighted by Gasteiger charge is 2.33. The van der Waals surface area contributed by atoms with Gasteiger partial charge in [0, 0.05) is 18.0 Å². The quantitative estimate of drug-likeness (QED) is 0.234. The minimum absolute atomic E-state index is 0.0601. The first-order chi connectivity index (χ1) is 19.1. The van der Waals surface area contributed by atoms with Crippen LogP contribution in [-0.2, 0) is 9.59 Å². The molecule has 0 aliphatic carbocycles. The topological polar surface area (TPSA) is 147 Å². The van der Waals surface area contributed by atoms with E-state index in [4.69, 9.17) is 0 Å². The maximum absolute atomic E-state index is 14.0. The minimum atomic E-state index is -0.997. The van der Waals surface area contributed by atoms with Gasteiger partial charge in [-0.3, -0.25) is 24.2 Å². The van der Waals surface area contributed by atoms with Gasteiger partial charge < -0.3 is 20.7 Å². The van der Waals surface area contributed by atoms with Gasteiger partial charge in [0.1, 0.15) is 18.0 Å². The fraction of sp³-hybridized carbons (Fsp3) is 0.367. The maximum atomic E-state index is 14.0. The summed E-state index contributed by atoms with van der Waals surface area (Å²) in [5, 5.41) is 9.65. The molecule has 3 rings (SSSR count). The summed E-state index contributed by atoms with van der Waals surface area (Å²) in [6.07, 6.45) is 5.16. The number of nitrogens with one attached hydrogen (secondary N) is 3. The van der Waals surface area contributed by atoms with E-state index in [2.05, 4.69) is 25.9 Å². The number of carbonyl (C=O) groups excluding carboxylic acids is 5.